The van der Waals surface area contributed by atoms with Crippen LogP contribution in [0.5, 0.6) is 5.75 Å². The third kappa shape index (κ3) is 2.08. The number of aromatic nitrogens is 4. The molecule has 0 unspecified atom stereocenters. The van der Waals surface area contributed by atoms with Crippen molar-refractivity contribution in [1.82, 2.24) is 20.4 Å². The van der Waals surface area contributed by atoms with Crippen LogP contribution in [0.3, 0.4) is 0 Å². The van der Waals surface area contributed by atoms with Crippen molar-refractivity contribution in [3.8, 4) is 17.0 Å². The van der Waals surface area contributed by atoms with E-state index in [1.165, 1.54) is 0 Å². The Labute approximate surface area is 114 Å². The van der Waals surface area contributed by atoms with Gasteiger partial charge < -0.3 is 4.74 Å². The van der Waals surface area contributed by atoms with Gasteiger partial charge in [0.15, 0.2) is 5.15 Å². The number of benzene rings is 1. The van der Waals surface area contributed by atoms with Crippen LogP contribution < -0.4 is 4.74 Å². The van der Waals surface area contributed by atoms with Gasteiger partial charge in [0.1, 0.15) is 11.4 Å². The van der Waals surface area contributed by atoms with Crippen molar-refractivity contribution in [2.24, 2.45) is 0 Å². The predicted molar refractivity (Wildman–Crippen MR) is 72.1 cm³/mol. The van der Waals surface area contributed by atoms with Gasteiger partial charge in [-0.1, -0.05) is 11.6 Å². The van der Waals surface area contributed by atoms with Gasteiger partial charge in [-0.2, -0.15) is 10.2 Å². The molecule has 3 aromatic rings. The van der Waals surface area contributed by atoms with Crippen LogP contribution in [-0.2, 0) is 0 Å². The van der Waals surface area contributed by atoms with E-state index in [2.05, 4.69) is 20.4 Å². The molecule has 2 aromatic heterocycles. The van der Waals surface area contributed by atoms with E-state index in [0.29, 0.717) is 5.15 Å². The lowest BCUT2D eigenvalue weighted by Crippen LogP contribution is -1.93. The number of methoxy groups -OCH3 is 1. The van der Waals surface area contributed by atoms with E-state index in [9.17, 15) is 0 Å². The summed E-state index contributed by atoms with van der Waals surface area (Å²) in [6.45, 7) is 0. The first kappa shape index (κ1) is 11.8. The first-order chi connectivity index (χ1) is 9.29. The number of hydrogen-bond acceptors (Lipinski definition) is 5. The summed E-state index contributed by atoms with van der Waals surface area (Å²) in [5, 5.41) is 17.6. The molecule has 0 N–H and O–H groups in total. The normalized spacial score (nSPS) is 10.6. The summed E-state index contributed by atoms with van der Waals surface area (Å²) < 4.78 is 5.13. The van der Waals surface area contributed by atoms with Crippen molar-refractivity contribution >= 4 is 22.4 Å². The maximum Gasteiger partial charge on any atom is 0.161 e. The molecule has 0 fully saturated rings. The smallest absolute Gasteiger partial charge is 0.161 e. The fourth-order valence-electron chi connectivity index (χ4n) is 1.84. The maximum absolute atomic E-state index is 6.00. The van der Waals surface area contributed by atoms with Gasteiger partial charge in [0.05, 0.1) is 19.5 Å². The maximum atomic E-state index is 6.00. The topological polar surface area (TPSA) is 60.8 Å². The Bertz CT molecular complexity index is 730. The van der Waals surface area contributed by atoms with Gasteiger partial charge in [0.25, 0.3) is 0 Å². The van der Waals surface area contributed by atoms with Gasteiger partial charge in [-0.3, -0.25) is 0 Å². The van der Waals surface area contributed by atoms with Crippen LogP contribution in [-0.4, -0.2) is 27.5 Å². The van der Waals surface area contributed by atoms with E-state index in [1.807, 2.05) is 24.3 Å². The van der Waals surface area contributed by atoms with E-state index in [1.54, 1.807) is 19.5 Å². The Morgan fingerprint density at radius 2 is 1.63 bits per heavy atom. The minimum Gasteiger partial charge on any atom is -0.497 e. The Kier molecular flexibility index (Phi) is 2.97. The van der Waals surface area contributed by atoms with Gasteiger partial charge in [-0.25, -0.2) is 0 Å². The zero-order chi connectivity index (χ0) is 13.2. The summed E-state index contributed by atoms with van der Waals surface area (Å²) in [5.74, 6) is 0.787. The second kappa shape index (κ2) is 4.78. The number of fused-ring (bicyclic) bond motifs is 1. The average molecular weight is 273 g/mol. The molecule has 0 saturated heterocycles. The molecule has 0 aliphatic rings. The van der Waals surface area contributed by atoms with Crippen LogP contribution in [0.25, 0.3) is 22.0 Å². The molecule has 19 heavy (non-hydrogen) atoms. The summed E-state index contributed by atoms with van der Waals surface area (Å²) >= 11 is 6.00. The molecule has 0 aliphatic carbocycles. The highest BCUT2D eigenvalue weighted by Gasteiger charge is 2.10. The van der Waals surface area contributed by atoms with E-state index in [-0.39, 0.29) is 0 Å². The van der Waals surface area contributed by atoms with E-state index in [4.69, 9.17) is 16.3 Å². The van der Waals surface area contributed by atoms with Gasteiger partial charge in [0, 0.05) is 16.3 Å². The predicted octanol–water partition coefficient (Wildman–Crippen LogP) is 2.75. The number of halogens is 1. The highest BCUT2D eigenvalue weighted by atomic mass is 35.5. The monoisotopic (exact) mass is 272 g/mol. The second-order valence-electron chi connectivity index (χ2n) is 3.88. The molecule has 6 heteroatoms. The van der Waals surface area contributed by atoms with Crippen LogP contribution in [0, 0.1) is 0 Å². The fourth-order valence-corrected chi connectivity index (χ4v) is 2.03. The molecule has 0 amide bonds. The van der Waals surface area contributed by atoms with Gasteiger partial charge in [-0.05, 0) is 24.3 Å². The Hall–Kier alpha value is -2.27. The van der Waals surface area contributed by atoms with Crippen molar-refractivity contribution in [1.29, 1.82) is 0 Å². The first-order valence-electron chi connectivity index (χ1n) is 5.56. The Morgan fingerprint density at radius 1 is 0.947 bits per heavy atom. The largest absolute Gasteiger partial charge is 0.497 e. The highest BCUT2D eigenvalue weighted by Crippen LogP contribution is 2.29. The molecule has 0 radical (unpaired) electrons. The van der Waals surface area contributed by atoms with Crippen LogP contribution in [0.1, 0.15) is 0 Å². The third-order valence-corrected chi connectivity index (χ3v) is 3.09. The summed E-state index contributed by atoms with van der Waals surface area (Å²) in [4.78, 5) is 0. The van der Waals surface area contributed by atoms with Crippen LogP contribution >= 0.6 is 11.6 Å². The molecule has 3 rings (SSSR count). The van der Waals surface area contributed by atoms with E-state index in [0.717, 1.165) is 27.8 Å². The lowest BCUT2D eigenvalue weighted by atomic mass is 10.1. The zero-order valence-corrected chi connectivity index (χ0v) is 10.8. The van der Waals surface area contributed by atoms with Crippen molar-refractivity contribution < 1.29 is 4.74 Å². The van der Waals surface area contributed by atoms with Gasteiger partial charge >= 0.3 is 0 Å². The van der Waals surface area contributed by atoms with Crippen molar-refractivity contribution in [3.63, 3.8) is 0 Å². The summed E-state index contributed by atoms with van der Waals surface area (Å²) in [6, 6.07) is 7.56. The summed E-state index contributed by atoms with van der Waals surface area (Å²) in [6.07, 6.45) is 3.22. The summed E-state index contributed by atoms with van der Waals surface area (Å²) in [5.41, 5.74) is 1.64. The molecule has 0 spiro atoms. The minimum absolute atomic E-state index is 0.321. The molecule has 94 valence electrons. The number of ether oxygens (including phenoxy) is 1. The molecule has 0 bridgehead atoms. The van der Waals surface area contributed by atoms with E-state index < -0.39 is 0 Å². The third-order valence-electron chi connectivity index (χ3n) is 2.81. The second-order valence-corrected chi connectivity index (χ2v) is 4.24. The Balaban J connectivity index is 2.21. The molecule has 0 aliphatic heterocycles. The fraction of sp³-hybridized carbons (Fsp3) is 0.0769. The van der Waals surface area contributed by atoms with Gasteiger partial charge in [0.2, 0.25) is 0 Å². The number of hydrogen-bond donors (Lipinski definition) is 0. The molecule has 1 aromatic carbocycles. The van der Waals surface area contributed by atoms with Crippen molar-refractivity contribution in [2.45, 2.75) is 0 Å². The van der Waals surface area contributed by atoms with Crippen LogP contribution in [0.4, 0.5) is 0 Å². The van der Waals surface area contributed by atoms with Gasteiger partial charge in [-0.15, -0.1) is 10.2 Å². The van der Waals surface area contributed by atoms with Crippen molar-refractivity contribution in [3.05, 3.63) is 41.8 Å². The standard InChI is InChI=1S/C13H9ClN4O/c1-19-9-4-2-8(3-5-9)12-10-6-15-16-7-11(10)13(14)18-17-12/h2-7H,1H3. The lowest BCUT2D eigenvalue weighted by Gasteiger charge is -2.06. The molecule has 5 nitrogen and oxygen atoms in total. The summed E-state index contributed by atoms with van der Waals surface area (Å²) in [7, 11) is 1.63. The molecular weight excluding hydrogens is 264 g/mol. The molecule has 0 atom stereocenters. The van der Waals surface area contributed by atoms with E-state index >= 15 is 0 Å². The Morgan fingerprint density at radius 3 is 2.32 bits per heavy atom. The van der Waals surface area contributed by atoms with Crippen LogP contribution in [0.15, 0.2) is 36.7 Å². The number of nitrogens with zero attached hydrogens (tertiary/aromatic N) is 4. The number of rotatable bonds is 2. The molecule has 0 saturated carbocycles. The highest BCUT2D eigenvalue weighted by molar-refractivity contribution is 6.34. The zero-order valence-electron chi connectivity index (χ0n) is 10.0. The van der Waals surface area contributed by atoms with Crippen LogP contribution in [0.2, 0.25) is 5.15 Å². The lowest BCUT2D eigenvalue weighted by molar-refractivity contribution is 0.415. The van der Waals surface area contributed by atoms with Crippen molar-refractivity contribution in [2.75, 3.05) is 7.11 Å². The molecule has 2 heterocycles. The SMILES string of the molecule is COc1ccc(-c2nnc(Cl)c3cnncc23)cc1. The first-order valence-corrected chi connectivity index (χ1v) is 5.94. The minimum atomic E-state index is 0.321. The molecular formula is C13H9ClN4O. The quantitative estimate of drug-likeness (QED) is 0.718. The average Bonchev–Trinajstić information content (AvgIpc) is 2.48.